The topological polar surface area (TPSA) is 38.7 Å². The molecule has 1 saturated carbocycles. The Labute approximate surface area is 96.0 Å². The van der Waals surface area contributed by atoms with Gasteiger partial charge in [0.1, 0.15) is 0 Å². The van der Waals surface area contributed by atoms with E-state index in [2.05, 4.69) is 0 Å². The van der Waals surface area contributed by atoms with Crippen LogP contribution in [0.1, 0.15) is 25.3 Å². The Morgan fingerprint density at radius 2 is 2.12 bits per heavy atom. The molecule has 1 aliphatic rings. The number of methoxy groups -OCH3 is 1. The standard InChI is InChI=1S/C13H18O3/c1-3-16-11-6-4-5-10(12(11)15-2)13(9-14)7-8-13/h4-6,14H,3,7-9H2,1-2H3. The molecule has 0 atom stereocenters. The zero-order valence-corrected chi connectivity index (χ0v) is 9.82. The molecule has 88 valence electrons. The Morgan fingerprint density at radius 1 is 1.38 bits per heavy atom. The molecule has 0 unspecified atom stereocenters. The minimum atomic E-state index is -0.0849. The van der Waals surface area contributed by atoms with Crippen molar-refractivity contribution in [3.63, 3.8) is 0 Å². The molecule has 3 nitrogen and oxygen atoms in total. The smallest absolute Gasteiger partial charge is 0.164 e. The van der Waals surface area contributed by atoms with Crippen LogP contribution in [-0.4, -0.2) is 25.4 Å². The monoisotopic (exact) mass is 222 g/mol. The summed E-state index contributed by atoms with van der Waals surface area (Å²) in [6, 6.07) is 5.88. The third-order valence-electron chi connectivity index (χ3n) is 3.21. The zero-order chi connectivity index (χ0) is 11.6. The number of hydrogen-bond donors (Lipinski definition) is 1. The van der Waals surface area contributed by atoms with Crippen LogP contribution < -0.4 is 9.47 Å². The predicted molar refractivity (Wildman–Crippen MR) is 62.2 cm³/mol. The maximum Gasteiger partial charge on any atom is 0.164 e. The molecule has 1 aromatic carbocycles. The second-order valence-corrected chi connectivity index (χ2v) is 4.21. The summed E-state index contributed by atoms with van der Waals surface area (Å²) in [5, 5.41) is 9.45. The van der Waals surface area contributed by atoms with E-state index in [1.807, 2.05) is 25.1 Å². The van der Waals surface area contributed by atoms with Gasteiger partial charge in [0.25, 0.3) is 0 Å². The highest BCUT2D eigenvalue weighted by Crippen LogP contribution is 2.52. The summed E-state index contributed by atoms with van der Waals surface area (Å²) in [5.41, 5.74) is 0.988. The number of para-hydroxylation sites is 1. The van der Waals surface area contributed by atoms with E-state index in [0.717, 1.165) is 29.9 Å². The molecular weight excluding hydrogens is 204 g/mol. The van der Waals surface area contributed by atoms with Gasteiger partial charge >= 0.3 is 0 Å². The van der Waals surface area contributed by atoms with Crippen LogP contribution >= 0.6 is 0 Å². The van der Waals surface area contributed by atoms with Crippen LogP contribution in [0.25, 0.3) is 0 Å². The maximum atomic E-state index is 9.45. The van der Waals surface area contributed by atoms with Crippen molar-refractivity contribution < 1.29 is 14.6 Å². The van der Waals surface area contributed by atoms with Gasteiger partial charge in [-0.25, -0.2) is 0 Å². The molecule has 1 N–H and O–H groups in total. The minimum Gasteiger partial charge on any atom is -0.493 e. The quantitative estimate of drug-likeness (QED) is 0.829. The van der Waals surface area contributed by atoms with Gasteiger partial charge in [0.2, 0.25) is 0 Å². The average molecular weight is 222 g/mol. The lowest BCUT2D eigenvalue weighted by atomic mass is 9.95. The molecule has 0 amide bonds. The fraction of sp³-hybridized carbons (Fsp3) is 0.538. The van der Waals surface area contributed by atoms with Gasteiger partial charge in [-0.05, 0) is 25.8 Å². The van der Waals surface area contributed by atoms with Gasteiger partial charge in [-0.15, -0.1) is 0 Å². The fourth-order valence-corrected chi connectivity index (χ4v) is 2.08. The number of hydrogen-bond acceptors (Lipinski definition) is 3. The molecule has 0 saturated heterocycles. The van der Waals surface area contributed by atoms with Crippen LogP contribution in [0, 0.1) is 0 Å². The Bertz CT molecular complexity index is 369. The third kappa shape index (κ3) is 1.76. The molecule has 0 radical (unpaired) electrons. The van der Waals surface area contributed by atoms with E-state index < -0.39 is 0 Å². The van der Waals surface area contributed by atoms with Crippen molar-refractivity contribution in [2.24, 2.45) is 0 Å². The highest BCUT2D eigenvalue weighted by molar-refractivity contribution is 5.52. The van der Waals surface area contributed by atoms with Gasteiger partial charge in [-0.1, -0.05) is 12.1 Å². The van der Waals surface area contributed by atoms with Crippen LogP contribution in [0.15, 0.2) is 18.2 Å². The van der Waals surface area contributed by atoms with E-state index in [4.69, 9.17) is 9.47 Å². The summed E-state index contributed by atoms with van der Waals surface area (Å²) in [7, 11) is 1.65. The van der Waals surface area contributed by atoms with Crippen LogP contribution in [0.4, 0.5) is 0 Å². The molecule has 0 heterocycles. The second-order valence-electron chi connectivity index (χ2n) is 4.21. The first-order valence-electron chi connectivity index (χ1n) is 5.68. The molecule has 0 spiro atoms. The highest BCUT2D eigenvalue weighted by Gasteiger charge is 2.46. The maximum absolute atomic E-state index is 9.45. The Balaban J connectivity index is 2.41. The molecule has 1 aliphatic carbocycles. The highest BCUT2D eigenvalue weighted by atomic mass is 16.5. The normalized spacial score (nSPS) is 16.9. The van der Waals surface area contributed by atoms with Crippen molar-refractivity contribution in [1.82, 2.24) is 0 Å². The van der Waals surface area contributed by atoms with Crippen LogP contribution in [0.3, 0.4) is 0 Å². The minimum absolute atomic E-state index is 0.0849. The lowest BCUT2D eigenvalue weighted by Gasteiger charge is -2.18. The summed E-state index contributed by atoms with van der Waals surface area (Å²) in [6.45, 7) is 2.75. The van der Waals surface area contributed by atoms with E-state index >= 15 is 0 Å². The molecule has 0 aromatic heterocycles. The molecule has 1 fully saturated rings. The lowest BCUT2D eigenvalue weighted by molar-refractivity contribution is 0.249. The predicted octanol–water partition coefficient (Wildman–Crippen LogP) is 2.12. The summed E-state index contributed by atoms with van der Waals surface area (Å²) in [4.78, 5) is 0. The lowest BCUT2D eigenvalue weighted by Crippen LogP contribution is -2.13. The number of aliphatic hydroxyl groups excluding tert-OH is 1. The third-order valence-corrected chi connectivity index (χ3v) is 3.21. The number of aliphatic hydroxyl groups is 1. The van der Waals surface area contributed by atoms with Crippen molar-refractivity contribution in [1.29, 1.82) is 0 Å². The van der Waals surface area contributed by atoms with E-state index in [0.29, 0.717) is 6.61 Å². The summed E-state index contributed by atoms with van der Waals surface area (Å²) >= 11 is 0. The van der Waals surface area contributed by atoms with Crippen LogP contribution in [0.2, 0.25) is 0 Å². The average Bonchev–Trinajstić information content (AvgIpc) is 3.10. The molecule has 3 heteroatoms. The molecule has 0 aliphatic heterocycles. The second kappa shape index (κ2) is 4.34. The van der Waals surface area contributed by atoms with E-state index in [1.54, 1.807) is 7.11 Å². The molecular formula is C13H18O3. The van der Waals surface area contributed by atoms with Gasteiger partial charge in [-0.3, -0.25) is 0 Å². The van der Waals surface area contributed by atoms with Crippen molar-refractivity contribution in [2.75, 3.05) is 20.3 Å². The molecule has 1 aromatic rings. The van der Waals surface area contributed by atoms with Gasteiger partial charge < -0.3 is 14.6 Å². The zero-order valence-electron chi connectivity index (χ0n) is 9.82. The molecule has 2 rings (SSSR count). The Kier molecular flexibility index (Phi) is 3.06. The van der Waals surface area contributed by atoms with Gasteiger partial charge in [-0.2, -0.15) is 0 Å². The first-order chi connectivity index (χ1) is 7.77. The van der Waals surface area contributed by atoms with Gasteiger partial charge in [0.05, 0.1) is 20.3 Å². The van der Waals surface area contributed by atoms with Crippen molar-refractivity contribution >= 4 is 0 Å². The largest absolute Gasteiger partial charge is 0.493 e. The van der Waals surface area contributed by atoms with Gasteiger partial charge in [0.15, 0.2) is 11.5 Å². The molecule has 16 heavy (non-hydrogen) atoms. The Morgan fingerprint density at radius 3 is 2.62 bits per heavy atom. The first-order valence-corrected chi connectivity index (χ1v) is 5.68. The number of ether oxygens (including phenoxy) is 2. The fourth-order valence-electron chi connectivity index (χ4n) is 2.08. The number of rotatable bonds is 5. The van der Waals surface area contributed by atoms with Crippen molar-refractivity contribution in [2.45, 2.75) is 25.2 Å². The van der Waals surface area contributed by atoms with E-state index in [-0.39, 0.29) is 12.0 Å². The SMILES string of the molecule is CCOc1cccc(C2(CO)CC2)c1OC. The summed E-state index contributed by atoms with van der Waals surface area (Å²) in [5.74, 6) is 1.54. The number of benzene rings is 1. The van der Waals surface area contributed by atoms with E-state index in [9.17, 15) is 5.11 Å². The molecule has 0 bridgehead atoms. The van der Waals surface area contributed by atoms with E-state index in [1.165, 1.54) is 0 Å². The first kappa shape index (κ1) is 11.3. The van der Waals surface area contributed by atoms with Crippen LogP contribution in [-0.2, 0) is 5.41 Å². The Hall–Kier alpha value is -1.22. The summed E-state index contributed by atoms with van der Waals surface area (Å²) in [6.07, 6.45) is 2.05. The van der Waals surface area contributed by atoms with Crippen LogP contribution in [0.5, 0.6) is 11.5 Å². The van der Waals surface area contributed by atoms with Crippen molar-refractivity contribution in [3.8, 4) is 11.5 Å². The van der Waals surface area contributed by atoms with Crippen molar-refractivity contribution in [3.05, 3.63) is 23.8 Å². The van der Waals surface area contributed by atoms with Gasteiger partial charge in [0, 0.05) is 11.0 Å². The summed E-state index contributed by atoms with van der Waals surface area (Å²) < 4.78 is 11.0.